The molecule has 0 spiro atoms. The minimum atomic E-state index is 0.247. The third-order valence-corrected chi connectivity index (χ3v) is 9.88. The number of ether oxygens (including phenoxy) is 1. The zero-order chi connectivity index (χ0) is 36.9. The smallest absolute Gasteiger partial charge is 0.166 e. The lowest BCUT2D eigenvalue weighted by atomic mass is 9.99. The molecule has 2 aromatic heterocycles. The number of hydrogen-bond acceptors (Lipinski definition) is 7. The largest absolute Gasteiger partial charge is 0.453 e. The average Bonchev–Trinajstić information content (AvgIpc) is 3.58. The number of para-hydroxylation sites is 4. The van der Waals surface area contributed by atoms with E-state index in [0.29, 0.717) is 28.6 Å². The Morgan fingerprint density at radius 2 is 1.02 bits per heavy atom. The summed E-state index contributed by atoms with van der Waals surface area (Å²) >= 11 is 0. The van der Waals surface area contributed by atoms with E-state index in [2.05, 4.69) is 58.0 Å². The fraction of sp³-hybridized carbons (Fsp3) is 0. The third-order valence-electron chi connectivity index (χ3n) is 9.88. The van der Waals surface area contributed by atoms with Crippen LogP contribution in [0, 0.1) is 22.7 Å². The zero-order valence-corrected chi connectivity index (χ0v) is 29.1. The molecule has 0 saturated carbocycles. The van der Waals surface area contributed by atoms with E-state index in [1.54, 1.807) is 0 Å². The summed E-state index contributed by atoms with van der Waals surface area (Å²) in [6, 6.07) is 58.2. The first-order valence-corrected chi connectivity index (χ1v) is 17.7. The van der Waals surface area contributed by atoms with Crippen molar-refractivity contribution in [3.8, 4) is 63.5 Å². The predicted octanol–water partition coefficient (Wildman–Crippen LogP) is 11.3. The van der Waals surface area contributed by atoms with E-state index in [0.717, 1.165) is 55.7 Å². The summed E-state index contributed by atoms with van der Waals surface area (Å²) in [4.78, 5) is 16.7. The standard InChI is InChI=1S/C47H27N7O/c48-28-32-24-35(25-33(29-49)44(32)47-51-45(30-14-4-1-5-15-30)50-46(52-47)31-16-6-2-7-17-31)54-38-21-11-10-20-36(38)37-26-41-43(27-40(37)54)55-42-23-13-12-22-39(42)53(41)34-18-8-3-9-19-34/h1-27H. The summed E-state index contributed by atoms with van der Waals surface area (Å²) in [6.07, 6.45) is 0. The molecule has 0 saturated heterocycles. The second-order valence-corrected chi connectivity index (χ2v) is 13.1. The number of nitriles is 2. The maximum Gasteiger partial charge on any atom is 0.166 e. The molecule has 0 atom stereocenters. The van der Waals surface area contributed by atoms with Crippen molar-refractivity contribution in [2.75, 3.05) is 4.90 Å². The van der Waals surface area contributed by atoms with Gasteiger partial charge in [-0.25, -0.2) is 15.0 Å². The predicted molar refractivity (Wildman–Crippen MR) is 215 cm³/mol. The van der Waals surface area contributed by atoms with Crippen molar-refractivity contribution in [2.45, 2.75) is 0 Å². The molecule has 0 N–H and O–H groups in total. The molecule has 7 aromatic carbocycles. The van der Waals surface area contributed by atoms with Gasteiger partial charge < -0.3 is 14.2 Å². The summed E-state index contributed by atoms with van der Waals surface area (Å²) in [5.74, 6) is 2.56. The van der Waals surface area contributed by atoms with Crippen LogP contribution in [-0.2, 0) is 0 Å². The first-order chi connectivity index (χ1) is 27.2. The molecule has 0 aliphatic carbocycles. The quantitative estimate of drug-likeness (QED) is 0.175. The Balaban J connectivity index is 1.20. The maximum absolute atomic E-state index is 10.7. The molecule has 1 aliphatic rings. The highest BCUT2D eigenvalue weighted by Gasteiger charge is 2.28. The molecule has 8 heteroatoms. The molecule has 0 amide bonds. The van der Waals surface area contributed by atoms with Crippen molar-refractivity contribution >= 4 is 38.9 Å². The molecule has 0 fully saturated rings. The van der Waals surface area contributed by atoms with Crippen LogP contribution in [0.5, 0.6) is 11.5 Å². The number of nitrogens with zero attached hydrogens (tertiary/aromatic N) is 7. The van der Waals surface area contributed by atoms with Crippen molar-refractivity contribution < 1.29 is 4.74 Å². The molecule has 3 heterocycles. The van der Waals surface area contributed by atoms with Gasteiger partial charge in [0.05, 0.1) is 39.1 Å². The van der Waals surface area contributed by atoms with Crippen LogP contribution in [0.3, 0.4) is 0 Å². The number of anilines is 3. The van der Waals surface area contributed by atoms with Gasteiger partial charge >= 0.3 is 0 Å². The van der Waals surface area contributed by atoms with E-state index < -0.39 is 0 Å². The Labute approximate surface area is 316 Å². The van der Waals surface area contributed by atoms with E-state index in [4.69, 9.17) is 19.7 Å². The maximum atomic E-state index is 10.7. The van der Waals surface area contributed by atoms with Crippen LogP contribution in [0.1, 0.15) is 11.1 Å². The lowest BCUT2D eigenvalue weighted by Gasteiger charge is -2.33. The van der Waals surface area contributed by atoms with Crippen molar-refractivity contribution in [3.63, 3.8) is 0 Å². The first kappa shape index (κ1) is 31.6. The number of aromatic nitrogens is 4. The van der Waals surface area contributed by atoms with Crippen LogP contribution in [0.25, 0.3) is 61.7 Å². The molecule has 0 radical (unpaired) electrons. The highest BCUT2D eigenvalue weighted by Crippen LogP contribution is 2.52. The van der Waals surface area contributed by atoms with Crippen LogP contribution >= 0.6 is 0 Å². The average molecular weight is 706 g/mol. The number of benzene rings is 7. The van der Waals surface area contributed by atoms with Crippen LogP contribution in [0.4, 0.5) is 17.1 Å². The van der Waals surface area contributed by atoms with Gasteiger partial charge in [0.1, 0.15) is 12.1 Å². The van der Waals surface area contributed by atoms with Crippen molar-refractivity contribution in [1.29, 1.82) is 10.5 Å². The molecule has 10 rings (SSSR count). The fourth-order valence-corrected chi connectivity index (χ4v) is 7.44. The minimum absolute atomic E-state index is 0.247. The normalized spacial score (nSPS) is 11.7. The molecule has 256 valence electrons. The van der Waals surface area contributed by atoms with Crippen LogP contribution in [0.15, 0.2) is 164 Å². The van der Waals surface area contributed by atoms with E-state index in [1.165, 1.54) is 0 Å². The van der Waals surface area contributed by atoms with E-state index in [-0.39, 0.29) is 17.0 Å². The zero-order valence-electron chi connectivity index (χ0n) is 29.1. The van der Waals surface area contributed by atoms with Gasteiger partial charge in [0.15, 0.2) is 29.0 Å². The lowest BCUT2D eigenvalue weighted by Crippen LogP contribution is -2.15. The lowest BCUT2D eigenvalue weighted by molar-refractivity contribution is 0.477. The minimum Gasteiger partial charge on any atom is -0.453 e. The molecular weight excluding hydrogens is 679 g/mol. The summed E-state index contributed by atoms with van der Waals surface area (Å²) in [5.41, 5.74) is 7.77. The Morgan fingerprint density at radius 3 is 1.67 bits per heavy atom. The topological polar surface area (TPSA) is 104 Å². The van der Waals surface area contributed by atoms with E-state index in [9.17, 15) is 10.5 Å². The van der Waals surface area contributed by atoms with Gasteiger partial charge in [-0.05, 0) is 48.5 Å². The van der Waals surface area contributed by atoms with Gasteiger partial charge in [0.25, 0.3) is 0 Å². The molecule has 55 heavy (non-hydrogen) atoms. The Morgan fingerprint density at radius 1 is 0.455 bits per heavy atom. The molecule has 0 unspecified atom stereocenters. The van der Waals surface area contributed by atoms with Crippen molar-refractivity contribution in [3.05, 3.63) is 175 Å². The second-order valence-electron chi connectivity index (χ2n) is 13.1. The van der Waals surface area contributed by atoms with Gasteiger partial charge in [-0.1, -0.05) is 109 Å². The monoisotopic (exact) mass is 705 g/mol. The number of fused-ring (bicyclic) bond motifs is 5. The highest BCUT2D eigenvalue weighted by atomic mass is 16.5. The summed E-state index contributed by atoms with van der Waals surface area (Å²) < 4.78 is 8.69. The van der Waals surface area contributed by atoms with Crippen LogP contribution < -0.4 is 9.64 Å². The summed E-state index contributed by atoms with van der Waals surface area (Å²) in [5, 5.41) is 23.5. The van der Waals surface area contributed by atoms with Gasteiger partial charge in [0, 0.05) is 39.3 Å². The van der Waals surface area contributed by atoms with Crippen molar-refractivity contribution in [1.82, 2.24) is 19.5 Å². The fourth-order valence-electron chi connectivity index (χ4n) is 7.44. The summed E-state index contributed by atoms with van der Waals surface area (Å²) in [6.45, 7) is 0. The first-order valence-electron chi connectivity index (χ1n) is 17.7. The van der Waals surface area contributed by atoms with Gasteiger partial charge in [-0.15, -0.1) is 0 Å². The van der Waals surface area contributed by atoms with E-state index in [1.807, 2.05) is 127 Å². The molecular formula is C47H27N7O. The molecule has 1 aliphatic heterocycles. The van der Waals surface area contributed by atoms with Crippen molar-refractivity contribution in [2.24, 2.45) is 0 Å². The van der Waals surface area contributed by atoms with Crippen LogP contribution in [0.2, 0.25) is 0 Å². The highest BCUT2D eigenvalue weighted by molar-refractivity contribution is 6.12. The molecule has 0 bridgehead atoms. The SMILES string of the molecule is N#Cc1cc(-n2c3ccccc3c3cc4c(cc32)Oc2ccccc2N4c2ccccc2)cc(C#N)c1-c1nc(-c2ccccc2)nc(-c2ccccc2)n1. The molecule has 8 nitrogen and oxygen atoms in total. The number of rotatable bonds is 5. The second kappa shape index (κ2) is 12.9. The van der Waals surface area contributed by atoms with E-state index >= 15 is 0 Å². The van der Waals surface area contributed by atoms with Crippen LogP contribution in [-0.4, -0.2) is 19.5 Å². The van der Waals surface area contributed by atoms with Gasteiger partial charge in [-0.2, -0.15) is 10.5 Å². The number of hydrogen-bond donors (Lipinski definition) is 0. The summed E-state index contributed by atoms with van der Waals surface area (Å²) in [7, 11) is 0. The Bertz CT molecular complexity index is 2940. The van der Waals surface area contributed by atoms with Gasteiger partial charge in [-0.3, -0.25) is 0 Å². The third kappa shape index (κ3) is 5.25. The Hall–Kier alpha value is -8.07. The molecule has 9 aromatic rings. The van der Waals surface area contributed by atoms with Gasteiger partial charge in [0.2, 0.25) is 0 Å². The Kier molecular flexibility index (Phi) is 7.40.